The average molecular weight is 297 g/mol. The van der Waals surface area contributed by atoms with Gasteiger partial charge in [-0.3, -0.25) is 4.79 Å². The SMILES string of the molecule is O=C1CC2(CCNCC2)CN1Cc1cc(Cl)ccc1F. The fourth-order valence-electron chi connectivity index (χ4n) is 3.29. The van der Waals surface area contributed by atoms with Crippen molar-refractivity contribution >= 4 is 17.5 Å². The van der Waals surface area contributed by atoms with Crippen LogP contribution in [-0.4, -0.2) is 30.4 Å². The molecule has 1 N–H and O–H groups in total. The van der Waals surface area contributed by atoms with Crippen molar-refractivity contribution in [2.75, 3.05) is 19.6 Å². The highest BCUT2D eigenvalue weighted by Crippen LogP contribution is 2.39. The van der Waals surface area contributed by atoms with E-state index in [1.54, 1.807) is 11.0 Å². The van der Waals surface area contributed by atoms with Gasteiger partial charge in [-0.2, -0.15) is 0 Å². The number of carbonyl (C=O) groups is 1. The molecule has 1 amide bonds. The Kier molecular flexibility index (Phi) is 3.69. The predicted octanol–water partition coefficient (Wildman–Crippen LogP) is 2.58. The van der Waals surface area contributed by atoms with Crippen LogP contribution in [0.3, 0.4) is 0 Å². The molecule has 0 atom stereocenters. The summed E-state index contributed by atoms with van der Waals surface area (Å²) in [6.07, 6.45) is 2.64. The van der Waals surface area contributed by atoms with Gasteiger partial charge in [0.25, 0.3) is 0 Å². The molecule has 0 radical (unpaired) electrons. The topological polar surface area (TPSA) is 32.3 Å². The minimum Gasteiger partial charge on any atom is -0.338 e. The standard InChI is InChI=1S/C15H18ClFN2O/c16-12-1-2-13(17)11(7-12)9-19-10-15(8-14(19)20)3-5-18-6-4-15/h1-2,7,18H,3-6,8-10H2. The summed E-state index contributed by atoms with van der Waals surface area (Å²) in [5.74, 6) is -0.167. The van der Waals surface area contributed by atoms with Gasteiger partial charge in [0, 0.05) is 30.1 Å². The zero-order valence-electron chi connectivity index (χ0n) is 11.3. The Labute approximate surface area is 123 Å². The van der Waals surface area contributed by atoms with E-state index in [2.05, 4.69) is 5.32 Å². The zero-order chi connectivity index (χ0) is 14.2. The summed E-state index contributed by atoms with van der Waals surface area (Å²) in [6.45, 7) is 2.99. The number of nitrogens with one attached hydrogen (secondary N) is 1. The maximum atomic E-state index is 13.8. The maximum absolute atomic E-state index is 13.8. The number of benzene rings is 1. The van der Waals surface area contributed by atoms with Crippen LogP contribution in [-0.2, 0) is 11.3 Å². The van der Waals surface area contributed by atoms with Crippen molar-refractivity contribution in [2.24, 2.45) is 5.41 Å². The molecule has 2 saturated heterocycles. The fraction of sp³-hybridized carbons (Fsp3) is 0.533. The molecule has 2 heterocycles. The van der Waals surface area contributed by atoms with Gasteiger partial charge in [-0.1, -0.05) is 11.6 Å². The molecule has 1 aromatic rings. The Morgan fingerprint density at radius 3 is 2.85 bits per heavy atom. The number of nitrogens with zero attached hydrogens (tertiary/aromatic N) is 1. The van der Waals surface area contributed by atoms with E-state index in [0.717, 1.165) is 32.5 Å². The molecule has 2 aliphatic heterocycles. The van der Waals surface area contributed by atoms with Crippen molar-refractivity contribution in [1.82, 2.24) is 10.2 Å². The van der Waals surface area contributed by atoms with Crippen molar-refractivity contribution in [2.45, 2.75) is 25.8 Å². The Balaban J connectivity index is 1.75. The number of hydrogen-bond acceptors (Lipinski definition) is 2. The van der Waals surface area contributed by atoms with Crippen LogP contribution < -0.4 is 5.32 Å². The molecule has 0 bridgehead atoms. The van der Waals surface area contributed by atoms with Crippen LogP contribution >= 0.6 is 11.6 Å². The third-order valence-corrected chi connectivity index (χ3v) is 4.67. The highest BCUT2D eigenvalue weighted by molar-refractivity contribution is 6.30. The van der Waals surface area contributed by atoms with Gasteiger partial charge in [0.05, 0.1) is 0 Å². The van der Waals surface area contributed by atoms with Gasteiger partial charge in [-0.25, -0.2) is 4.39 Å². The molecule has 1 spiro atoms. The molecule has 0 aromatic heterocycles. The van der Waals surface area contributed by atoms with E-state index in [0.29, 0.717) is 23.6 Å². The van der Waals surface area contributed by atoms with Crippen molar-refractivity contribution in [3.63, 3.8) is 0 Å². The van der Waals surface area contributed by atoms with E-state index in [9.17, 15) is 9.18 Å². The lowest BCUT2D eigenvalue weighted by Crippen LogP contribution is -2.38. The second-order valence-electron chi connectivity index (χ2n) is 5.91. The molecule has 5 heteroatoms. The molecule has 108 valence electrons. The lowest BCUT2D eigenvalue weighted by molar-refractivity contribution is -0.128. The molecule has 3 rings (SSSR count). The lowest BCUT2D eigenvalue weighted by Gasteiger charge is -2.33. The van der Waals surface area contributed by atoms with E-state index in [-0.39, 0.29) is 17.1 Å². The summed E-state index contributed by atoms with van der Waals surface area (Å²) in [6, 6.07) is 4.50. The lowest BCUT2D eigenvalue weighted by atomic mass is 9.78. The van der Waals surface area contributed by atoms with E-state index in [4.69, 9.17) is 11.6 Å². The molecule has 0 unspecified atom stereocenters. The van der Waals surface area contributed by atoms with Gasteiger partial charge in [-0.15, -0.1) is 0 Å². The summed E-state index contributed by atoms with van der Waals surface area (Å²) >= 11 is 5.90. The third-order valence-electron chi connectivity index (χ3n) is 4.44. The molecule has 0 saturated carbocycles. The average Bonchev–Trinajstić information content (AvgIpc) is 2.71. The van der Waals surface area contributed by atoms with Gasteiger partial charge >= 0.3 is 0 Å². The Bertz CT molecular complexity index is 529. The highest BCUT2D eigenvalue weighted by Gasteiger charge is 2.43. The van der Waals surface area contributed by atoms with E-state index < -0.39 is 0 Å². The quantitative estimate of drug-likeness (QED) is 0.910. The third kappa shape index (κ3) is 2.67. The normalized spacial score (nSPS) is 21.7. The summed E-state index contributed by atoms with van der Waals surface area (Å²) in [4.78, 5) is 14.0. The van der Waals surface area contributed by atoms with E-state index in [1.807, 2.05) is 0 Å². The number of rotatable bonds is 2. The Morgan fingerprint density at radius 2 is 2.10 bits per heavy atom. The van der Waals surface area contributed by atoms with Crippen LogP contribution in [0, 0.1) is 11.2 Å². The second-order valence-corrected chi connectivity index (χ2v) is 6.35. The van der Waals surface area contributed by atoms with Gasteiger partial charge < -0.3 is 10.2 Å². The fourth-order valence-corrected chi connectivity index (χ4v) is 3.48. The van der Waals surface area contributed by atoms with Gasteiger partial charge in [0.2, 0.25) is 5.91 Å². The smallest absolute Gasteiger partial charge is 0.223 e. The van der Waals surface area contributed by atoms with E-state index in [1.165, 1.54) is 12.1 Å². The Hall–Kier alpha value is -1.13. The minimum atomic E-state index is -0.298. The summed E-state index contributed by atoms with van der Waals surface area (Å²) in [5.41, 5.74) is 0.592. The van der Waals surface area contributed by atoms with Gasteiger partial charge in [0.1, 0.15) is 5.82 Å². The molecule has 3 nitrogen and oxygen atoms in total. The first-order valence-corrected chi connectivity index (χ1v) is 7.38. The van der Waals surface area contributed by atoms with Gasteiger partial charge in [0.15, 0.2) is 0 Å². The molecular weight excluding hydrogens is 279 g/mol. The molecule has 0 aliphatic carbocycles. The second kappa shape index (κ2) is 5.34. The molecule has 20 heavy (non-hydrogen) atoms. The minimum absolute atomic E-state index is 0.0946. The molecule has 2 aliphatic rings. The molecular formula is C15H18ClFN2O. The largest absolute Gasteiger partial charge is 0.338 e. The van der Waals surface area contributed by atoms with Crippen molar-refractivity contribution in [1.29, 1.82) is 0 Å². The van der Waals surface area contributed by atoms with Crippen LogP contribution in [0.4, 0.5) is 4.39 Å². The van der Waals surface area contributed by atoms with Gasteiger partial charge in [-0.05, 0) is 49.5 Å². The first kappa shape index (κ1) is 13.8. The van der Waals surface area contributed by atoms with Crippen molar-refractivity contribution in [3.05, 3.63) is 34.6 Å². The summed E-state index contributed by atoms with van der Waals surface area (Å²) in [7, 11) is 0. The number of halogens is 2. The maximum Gasteiger partial charge on any atom is 0.223 e. The number of carbonyl (C=O) groups excluding carboxylic acids is 1. The highest BCUT2D eigenvalue weighted by atomic mass is 35.5. The van der Waals surface area contributed by atoms with Crippen LogP contribution in [0.15, 0.2) is 18.2 Å². The van der Waals surface area contributed by atoms with Crippen molar-refractivity contribution < 1.29 is 9.18 Å². The monoisotopic (exact) mass is 296 g/mol. The molecule has 1 aromatic carbocycles. The molecule has 2 fully saturated rings. The van der Waals surface area contributed by atoms with Crippen LogP contribution in [0.25, 0.3) is 0 Å². The number of amides is 1. The van der Waals surface area contributed by atoms with Crippen LogP contribution in [0.2, 0.25) is 5.02 Å². The summed E-state index contributed by atoms with van der Waals surface area (Å²) < 4.78 is 13.8. The predicted molar refractivity (Wildman–Crippen MR) is 76.0 cm³/mol. The number of likely N-dealkylation sites (tertiary alicyclic amines) is 1. The first-order chi connectivity index (χ1) is 9.58. The zero-order valence-corrected chi connectivity index (χ0v) is 12.0. The summed E-state index contributed by atoms with van der Waals surface area (Å²) in [5, 5.41) is 3.83. The van der Waals surface area contributed by atoms with E-state index >= 15 is 0 Å². The number of hydrogen-bond donors (Lipinski definition) is 1. The van der Waals surface area contributed by atoms with Crippen LogP contribution in [0.1, 0.15) is 24.8 Å². The van der Waals surface area contributed by atoms with Crippen LogP contribution in [0.5, 0.6) is 0 Å². The Morgan fingerprint density at radius 1 is 1.35 bits per heavy atom. The number of piperidine rings is 1. The van der Waals surface area contributed by atoms with Crippen molar-refractivity contribution in [3.8, 4) is 0 Å². The first-order valence-electron chi connectivity index (χ1n) is 7.00.